The molecule has 1 aliphatic heterocycles. The van der Waals surface area contributed by atoms with Gasteiger partial charge in [-0.3, -0.25) is 9.69 Å². The first-order valence-electron chi connectivity index (χ1n) is 10.2. The number of aryl methyl sites for hydroxylation is 3. The lowest BCUT2D eigenvalue weighted by molar-refractivity contribution is -0.132. The van der Waals surface area contributed by atoms with Gasteiger partial charge in [-0.1, -0.05) is 11.2 Å². The van der Waals surface area contributed by atoms with Crippen LogP contribution in [0.15, 0.2) is 33.7 Å². The Kier molecular flexibility index (Phi) is 5.74. The summed E-state index contributed by atoms with van der Waals surface area (Å²) in [6, 6.07) is 7.33. The van der Waals surface area contributed by atoms with Crippen LogP contribution in [-0.4, -0.2) is 61.2 Å². The molecule has 0 N–H and O–H groups in total. The second-order valence-corrected chi connectivity index (χ2v) is 10.0. The molecular formula is C21H27N3O4S. The predicted molar refractivity (Wildman–Crippen MR) is 108 cm³/mol. The third kappa shape index (κ3) is 4.70. The zero-order chi connectivity index (χ0) is 20.4. The number of carbonyl (C=O) groups excluding carboxylic acids is 1. The summed E-state index contributed by atoms with van der Waals surface area (Å²) in [4.78, 5) is 16.9. The fourth-order valence-electron chi connectivity index (χ4n) is 4.12. The van der Waals surface area contributed by atoms with Crippen molar-refractivity contribution in [3.63, 3.8) is 0 Å². The molecule has 0 atom stereocenters. The smallest absolute Gasteiger partial charge is 0.223 e. The fraction of sp³-hybridized carbons (Fsp3) is 0.524. The SMILES string of the molecule is Cc1cc(CN2CCN(C(=O)CCS(=O)(=O)c3ccc4c(c3)CCC4)CC2)no1. The van der Waals surface area contributed by atoms with E-state index in [0.717, 1.165) is 49.4 Å². The van der Waals surface area contributed by atoms with E-state index in [1.165, 1.54) is 5.56 Å². The van der Waals surface area contributed by atoms with Gasteiger partial charge in [0.1, 0.15) is 5.76 Å². The van der Waals surface area contributed by atoms with Crippen LogP contribution in [0.2, 0.25) is 0 Å². The molecule has 1 amide bonds. The molecule has 1 aliphatic carbocycles. The molecular weight excluding hydrogens is 390 g/mol. The van der Waals surface area contributed by atoms with Gasteiger partial charge in [-0.15, -0.1) is 0 Å². The zero-order valence-corrected chi connectivity index (χ0v) is 17.6. The molecule has 0 unspecified atom stereocenters. The topological polar surface area (TPSA) is 83.7 Å². The summed E-state index contributed by atoms with van der Waals surface area (Å²) in [7, 11) is -3.44. The van der Waals surface area contributed by atoms with E-state index in [-0.39, 0.29) is 18.1 Å². The summed E-state index contributed by atoms with van der Waals surface area (Å²) in [6.07, 6.45) is 3.08. The van der Waals surface area contributed by atoms with Gasteiger partial charge < -0.3 is 9.42 Å². The van der Waals surface area contributed by atoms with Gasteiger partial charge in [-0.2, -0.15) is 0 Å². The molecule has 156 valence electrons. The molecule has 0 radical (unpaired) electrons. The number of hydrogen-bond donors (Lipinski definition) is 0. The van der Waals surface area contributed by atoms with E-state index >= 15 is 0 Å². The molecule has 0 spiro atoms. The van der Waals surface area contributed by atoms with Crippen LogP contribution in [0.25, 0.3) is 0 Å². The second-order valence-electron chi connectivity index (χ2n) is 7.94. The minimum atomic E-state index is -3.44. The Hall–Kier alpha value is -2.19. The van der Waals surface area contributed by atoms with Gasteiger partial charge in [0.15, 0.2) is 9.84 Å². The number of rotatable bonds is 6. The number of nitrogens with zero attached hydrogens (tertiary/aromatic N) is 3. The molecule has 29 heavy (non-hydrogen) atoms. The quantitative estimate of drug-likeness (QED) is 0.715. The largest absolute Gasteiger partial charge is 0.361 e. The molecule has 8 heteroatoms. The highest BCUT2D eigenvalue weighted by atomic mass is 32.2. The molecule has 7 nitrogen and oxygen atoms in total. The van der Waals surface area contributed by atoms with Crippen LogP contribution in [0.3, 0.4) is 0 Å². The van der Waals surface area contributed by atoms with E-state index < -0.39 is 9.84 Å². The number of carbonyl (C=O) groups is 1. The van der Waals surface area contributed by atoms with Crippen molar-refractivity contribution in [3.8, 4) is 0 Å². The molecule has 1 aromatic carbocycles. The summed E-state index contributed by atoms with van der Waals surface area (Å²) in [6.45, 7) is 5.27. The van der Waals surface area contributed by atoms with Crippen LogP contribution in [0, 0.1) is 6.92 Å². The van der Waals surface area contributed by atoms with Crippen molar-refractivity contribution in [2.75, 3.05) is 31.9 Å². The Bertz CT molecular complexity index is 991. The number of amides is 1. The third-order valence-corrected chi connectivity index (χ3v) is 7.51. The molecule has 2 aromatic rings. The maximum atomic E-state index is 12.7. The van der Waals surface area contributed by atoms with Crippen molar-refractivity contribution in [2.24, 2.45) is 0 Å². The highest BCUT2D eigenvalue weighted by Gasteiger charge is 2.24. The second kappa shape index (κ2) is 8.28. The number of benzene rings is 1. The van der Waals surface area contributed by atoms with Gasteiger partial charge in [0, 0.05) is 45.2 Å². The van der Waals surface area contributed by atoms with Crippen molar-refractivity contribution in [2.45, 2.75) is 44.0 Å². The number of aromatic nitrogens is 1. The Labute approximate surface area is 171 Å². The Morgan fingerprint density at radius 2 is 1.86 bits per heavy atom. The van der Waals surface area contributed by atoms with Crippen molar-refractivity contribution in [1.29, 1.82) is 0 Å². The van der Waals surface area contributed by atoms with Crippen LogP contribution >= 0.6 is 0 Å². The molecule has 0 bridgehead atoms. The standard InChI is InChI=1S/C21H27N3O4S/c1-16-13-19(22-28-16)15-23-8-10-24(11-9-23)21(25)7-12-29(26,27)20-6-5-17-3-2-4-18(17)14-20/h5-6,13-14H,2-4,7-12,15H2,1H3. The zero-order valence-electron chi connectivity index (χ0n) is 16.8. The summed E-state index contributed by atoms with van der Waals surface area (Å²) in [5, 5.41) is 4.01. The monoisotopic (exact) mass is 417 g/mol. The van der Waals surface area contributed by atoms with Gasteiger partial charge >= 0.3 is 0 Å². The van der Waals surface area contributed by atoms with E-state index in [1.54, 1.807) is 17.0 Å². The first kappa shape index (κ1) is 20.1. The first-order chi connectivity index (χ1) is 13.9. The molecule has 0 saturated carbocycles. The highest BCUT2D eigenvalue weighted by molar-refractivity contribution is 7.91. The van der Waals surface area contributed by atoms with Gasteiger partial charge in [0.05, 0.1) is 16.3 Å². The lowest BCUT2D eigenvalue weighted by Gasteiger charge is -2.34. The first-order valence-corrected chi connectivity index (χ1v) is 11.8. The van der Waals surface area contributed by atoms with Crippen LogP contribution < -0.4 is 0 Å². The van der Waals surface area contributed by atoms with Gasteiger partial charge in [-0.05, 0) is 49.4 Å². The lowest BCUT2D eigenvalue weighted by Crippen LogP contribution is -2.48. The predicted octanol–water partition coefficient (Wildman–Crippen LogP) is 1.98. The average Bonchev–Trinajstić information content (AvgIpc) is 3.34. The van der Waals surface area contributed by atoms with E-state index in [2.05, 4.69) is 10.1 Å². The average molecular weight is 418 g/mol. The molecule has 2 heterocycles. The maximum Gasteiger partial charge on any atom is 0.223 e. The Morgan fingerprint density at radius 3 is 2.59 bits per heavy atom. The fourth-order valence-corrected chi connectivity index (χ4v) is 5.39. The molecule has 1 saturated heterocycles. The molecule has 2 aliphatic rings. The molecule has 1 aromatic heterocycles. The van der Waals surface area contributed by atoms with Crippen LogP contribution in [0.1, 0.15) is 35.4 Å². The summed E-state index contributed by atoms with van der Waals surface area (Å²) < 4.78 is 30.5. The summed E-state index contributed by atoms with van der Waals surface area (Å²) in [5.74, 6) is 0.563. The van der Waals surface area contributed by atoms with Gasteiger partial charge in [0.2, 0.25) is 5.91 Å². The van der Waals surface area contributed by atoms with Crippen molar-refractivity contribution >= 4 is 15.7 Å². The maximum absolute atomic E-state index is 12.7. The van der Waals surface area contributed by atoms with E-state index in [9.17, 15) is 13.2 Å². The minimum absolute atomic E-state index is 0.0297. The number of piperazine rings is 1. The van der Waals surface area contributed by atoms with E-state index in [0.29, 0.717) is 24.5 Å². The number of sulfone groups is 1. The number of fused-ring (bicyclic) bond motifs is 1. The lowest BCUT2D eigenvalue weighted by atomic mass is 10.1. The highest BCUT2D eigenvalue weighted by Crippen LogP contribution is 2.25. The van der Waals surface area contributed by atoms with Crippen molar-refractivity contribution in [3.05, 3.63) is 46.8 Å². The summed E-state index contributed by atoms with van der Waals surface area (Å²) in [5.41, 5.74) is 3.28. The third-order valence-electron chi connectivity index (χ3n) is 5.80. The molecule has 4 rings (SSSR count). The number of hydrogen-bond acceptors (Lipinski definition) is 6. The Balaban J connectivity index is 1.27. The van der Waals surface area contributed by atoms with Gasteiger partial charge in [0.25, 0.3) is 0 Å². The van der Waals surface area contributed by atoms with Crippen LogP contribution in [0.4, 0.5) is 0 Å². The normalized spacial score (nSPS) is 17.5. The minimum Gasteiger partial charge on any atom is -0.361 e. The summed E-state index contributed by atoms with van der Waals surface area (Å²) >= 11 is 0. The van der Waals surface area contributed by atoms with E-state index in [1.807, 2.05) is 19.1 Å². The van der Waals surface area contributed by atoms with Gasteiger partial charge in [-0.25, -0.2) is 8.42 Å². The van der Waals surface area contributed by atoms with Crippen LogP contribution in [0.5, 0.6) is 0 Å². The molecule has 1 fully saturated rings. The van der Waals surface area contributed by atoms with Crippen molar-refractivity contribution in [1.82, 2.24) is 15.0 Å². The Morgan fingerprint density at radius 1 is 1.10 bits per heavy atom. The van der Waals surface area contributed by atoms with Crippen LogP contribution in [-0.2, 0) is 34.0 Å². The van der Waals surface area contributed by atoms with Crippen molar-refractivity contribution < 1.29 is 17.7 Å². The van der Waals surface area contributed by atoms with E-state index in [4.69, 9.17) is 4.52 Å².